The summed E-state index contributed by atoms with van der Waals surface area (Å²) in [5.41, 5.74) is 5.36. The predicted molar refractivity (Wildman–Crippen MR) is 240 cm³/mol. The fraction of sp³-hybridized carbons (Fsp3) is 0.435. The number of halogens is 2. The minimum atomic E-state index is -2.32. The molecular weight excluding hydrogens is 801 g/mol. The van der Waals surface area contributed by atoms with E-state index in [0.717, 1.165) is 5.56 Å². The molecule has 0 fully saturated rings. The number of anilines is 2. The Kier molecular flexibility index (Phi) is 13.0. The second-order valence-corrected chi connectivity index (χ2v) is 23.4. The molecule has 60 heavy (non-hydrogen) atoms. The highest BCUT2D eigenvalue weighted by atomic mass is 32.2. The normalized spacial score (nSPS) is 13.7. The van der Waals surface area contributed by atoms with Gasteiger partial charge in [0.25, 0.3) is 0 Å². The summed E-state index contributed by atoms with van der Waals surface area (Å²) >= 11 is 1.26. The second kappa shape index (κ2) is 17.6. The van der Waals surface area contributed by atoms with E-state index in [1.165, 1.54) is 29.8 Å². The van der Waals surface area contributed by atoms with Gasteiger partial charge < -0.3 is 24.2 Å². The van der Waals surface area contributed by atoms with Gasteiger partial charge in [-0.25, -0.2) is 28.5 Å². The summed E-state index contributed by atoms with van der Waals surface area (Å²) in [6.45, 7) is 21.1. The van der Waals surface area contributed by atoms with Gasteiger partial charge in [-0.3, -0.25) is 4.90 Å². The van der Waals surface area contributed by atoms with Crippen LogP contribution in [0.25, 0.3) is 32.9 Å². The molecule has 0 bridgehead atoms. The van der Waals surface area contributed by atoms with Crippen molar-refractivity contribution in [2.45, 2.75) is 103 Å². The first-order valence-corrected chi connectivity index (χ1v) is 23.7. The summed E-state index contributed by atoms with van der Waals surface area (Å²) in [5, 5.41) is 11.9. The van der Waals surface area contributed by atoms with Crippen LogP contribution >= 0.6 is 11.8 Å². The Balaban J connectivity index is 1.64. The summed E-state index contributed by atoms with van der Waals surface area (Å²) in [6.07, 6.45) is 0.727. The van der Waals surface area contributed by atoms with Crippen molar-refractivity contribution in [1.29, 1.82) is 0 Å². The van der Waals surface area contributed by atoms with Crippen molar-refractivity contribution in [3.8, 4) is 34.4 Å². The Hall–Kier alpha value is -4.97. The van der Waals surface area contributed by atoms with E-state index in [4.69, 9.17) is 29.2 Å². The van der Waals surface area contributed by atoms with E-state index in [2.05, 4.69) is 53.0 Å². The first kappa shape index (κ1) is 44.6. The number of hydrogen-bond donors (Lipinski definition) is 1. The van der Waals surface area contributed by atoms with Crippen LogP contribution in [0.1, 0.15) is 86.4 Å². The first-order valence-electron chi connectivity index (χ1n) is 20.2. The zero-order valence-corrected chi connectivity index (χ0v) is 38.3. The van der Waals surface area contributed by atoms with Crippen LogP contribution in [0.3, 0.4) is 0 Å². The molecule has 3 heterocycles. The van der Waals surface area contributed by atoms with Crippen LogP contribution in [0.5, 0.6) is 11.6 Å². The number of thioether (sulfide) groups is 1. The Bertz CT molecular complexity index is 2480. The zero-order valence-electron chi connectivity index (χ0n) is 36.5. The smallest absolute Gasteiger partial charge is 0.412 e. The number of carboxylic acid groups (broad SMARTS) is 1. The lowest BCUT2D eigenvalue weighted by molar-refractivity contribution is 0.0512. The lowest BCUT2D eigenvalue weighted by atomic mass is 9.95. The van der Waals surface area contributed by atoms with E-state index in [-0.39, 0.29) is 47.0 Å². The number of hydrogen-bond acceptors (Lipinski definition) is 9. The van der Waals surface area contributed by atoms with Crippen LogP contribution in [-0.4, -0.2) is 73.1 Å². The van der Waals surface area contributed by atoms with Crippen LogP contribution in [0.15, 0.2) is 53.7 Å². The molecule has 0 aliphatic carbocycles. The molecule has 0 radical (unpaired) electrons. The van der Waals surface area contributed by atoms with Gasteiger partial charge >= 0.3 is 6.09 Å². The van der Waals surface area contributed by atoms with Crippen molar-refractivity contribution in [2.24, 2.45) is 0 Å². The van der Waals surface area contributed by atoms with Gasteiger partial charge in [-0.1, -0.05) is 83.5 Å². The highest BCUT2D eigenvalue weighted by molar-refractivity contribution is 7.98. The Morgan fingerprint density at radius 2 is 1.68 bits per heavy atom. The molecule has 1 atom stereocenters. The quantitative estimate of drug-likeness (QED) is 0.0453. The maximum atomic E-state index is 17.7. The lowest BCUT2D eigenvalue weighted by Gasteiger charge is -2.38. The molecule has 2 aromatic heterocycles. The second-order valence-electron chi connectivity index (χ2n) is 17.1. The van der Waals surface area contributed by atoms with E-state index in [0.29, 0.717) is 56.4 Å². The molecule has 1 aliphatic rings. The van der Waals surface area contributed by atoms with Crippen LogP contribution < -0.4 is 19.3 Å². The number of carbonyl (C=O) groups is 1. The molecule has 318 valence electrons. The number of aromatic nitrogens is 3. The molecule has 1 N–H and O–H groups in total. The largest absolute Gasteiger partial charge is 0.475 e. The number of para-hydroxylation sites is 1. The van der Waals surface area contributed by atoms with Gasteiger partial charge in [0.2, 0.25) is 5.88 Å². The molecule has 1 amide bonds. The SMILES string of the molecule is COCOc1cc(-c2nc3c4c(nc(SC)nc4c2F)N(C(C)c2ccccc2N(C(=O)O)C(C)(C)C)CCO3)c2c(C#C[Si](C(C)C)(C(C)C)C(C)C)c(F)ccc2c1. The number of nitrogens with zero attached hydrogens (tertiary/aromatic N) is 5. The van der Waals surface area contributed by atoms with Gasteiger partial charge in [0.1, 0.15) is 48.7 Å². The Morgan fingerprint density at radius 1 is 1.00 bits per heavy atom. The van der Waals surface area contributed by atoms with Crippen molar-refractivity contribution in [2.75, 3.05) is 43.1 Å². The topological polar surface area (TPSA) is 110 Å². The van der Waals surface area contributed by atoms with Crippen LogP contribution in [0, 0.1) is 23.1 Å². The number of pyridine rings is 1. The number of amides is 1. The molecule has 3 aromatic carbocycles. The van der Waals surface area contributed by atoms with E-state index < -0.39 is 37.4 Å². The molecule has 0 saturated heterocycles. The minimum Gasteiger partial charge on any atom is -0.475 e. The molecule has 0 spiro atoms. The molecule has 6 rings (SSSR count). The van der Waals surface area contributed by atoms with E-state index in [9.17, 15) is 9.90 Å². The number of ether oxygens (including phenoxy) is 3. The Morgan fingerprint density at radius 3 is 2.30 bits per heavy atom. The number of benzene rings is 3. The number of fused-ring (bicyclic) bond motifs is 1. The van der Waals surface area contributed by atoms with Crippen molar-refractivity contribution < 1.29 is 32.9 Å². The average Bonchev–Trinajstić information content (AvgIpc) is 3.37. The third kappa shape index (κ3) is 8.11. The molecule has 1 unspecified atom stereocenters. The molecule has 1 aliphatic heterocycles. The average molecular weight is 856 g/mol. The lowest BCUT2D eigenvalue weighted by Crippen LogP contribution is -2.46. The van der Waals surface area contributed by atoms with Gasteiger partial charge in [0, 0.05) is 23.6 Å². The Labute approximate surface area is 357 Å². The van der Waals surface area contributed by atoms with E-state index >= 15 is 8.78 Å². The highest BCUT2D eigenvalue weighted by Gasteiger charge is 2.42. The first-order chi connectivity index (χ1) is 28.4. The van der Waals surface area contributed by atoms with Crippen molar-refractivity contribution in [3.05, 3.63) is 71.3 Å². The van der Waals surface area contributed by atoms with Crippen LogP contribution in [0.4, 0.5) is 25.1 Å². The molecular formula is C46H55F2N5O5SSi. The monoisotopic (exact) mass is 855 g/mol. The minimum absolute atomic E-state index is 0.0233. The molecule has 10 nitrogen and oxygen atoms in total. The summed E-state index contributed by atoms with van der Waals surface area (Å²) in [7, 11) is -0.818. The number of methoxy groups -OCH3 is 1. The van der Waals surface area contributed by atoms with Crippen LogP contribution in [0.2, 0.25) is 16.6 Å². The summed E-state index contributed by atoms with van der Waals surface area (Å²) in [6, 6.07) is 13.3. The number of rotatable bonds is 11. The summed E-state index contributed by atoms with van der Waals surface area (Å²) < 4.78 is 51.5. The summed E-state index contributed by atoms with van der Waals surface area (Å²) in [5.74, 6) is 2.92. The fourth-order valence-corrected chi connectivity index (χ4v) is 14.5. The maximum absolute atomic E-state index is 17.7. The van der Waals surface area contributed by atoms with E-state index in [1.807, 2.05) is 57.0 Å². The highest BCUT2D eigenvalue weighted by Crippen LogP contribution is 2.46. The van der Waals surface area contributed by atoms with Gasteiger partial charge in [-0.05, 0) is 85.8 Å². The van der Waals surface area contributed by atoms with Crippen molar-refractivity contribution in [3.63, 3.8) is 0 Å². The third-order valence-electron chi connectivity index (χ3n) is 11.6. The van der Waals surface area contributed by atoms with Gasteiger partial charge in [-0.2, -0.15) is 0 Å². The molecule has 5 aromatic rings. The zero-order chi connectivity index (χ0) is 43.8. The van der Waals surface area contributed by atoms with Crippen molar-refractivity contribution in [1.82, 2.24) is 15.0 Å². The van der Waals surface area contributed by atoms with Crippen LogP contribution in [-0.2, 0) is 4.74 Å². The fourth-order valence-electron chi connectivity index (χ4n) is 8.91. The standard InChI is InChI=1S/C46H55F2N5O5SSi/c1-26(2)60(27(3)4,28(5)6)22-19-33-35(47)18-17-30-23-31(58-25-56-11)24-34(37(30)33)40-39(48)41-38-42(51-44(50-41)59-12)52(20-21-57-43(38)49-40)29(7)32-15-13-14-16-36(32)53(45(54)55)46(8,9)10/h13-18,23-24,26-29H,20-21,25H2,1-12H3,(H,54,55). The van der Waals surface area contributed by atoms with Crippen molar-refractivity contribution >= 4 is 59.1 Å². The van der Waals surface area contributed by atoms with Gasteiger partial charge in [0.15, 0.2) is 17.8 Å². The van der Waals surface area contributed by atoms with Gasteiger partial charge in [-0.15, -0.1) is 5.54 Å². The van der Waals surface area contributed by atoms with E-state index in [1.54, 1.807) is 24.3 Å². The molecule has 0 saturated carbocycles. The predicted octanol–water partition coefficient (Wildman–Crippen LogP) is 11.6. The third-order valence-corrected chi connectivity index (χ3v) is 18.4. The maximum Gasteiger partial charge on any atom is 0.412 e. The molecule has 14 heteroatoms. The summed E-state index contributed by atoms with van der Waals surface area (Å²) in [4.78, 5) is 30.5. The van der Waals surface area contributed by atoms with Gasteiger partial charge in [0.05, 0.1) is 23.8 Å².